The molecule has 0 bridgehead atoms. The van der Waals surface area contributed by atoms with Gasteiger partial charge in [0.05, 0.1) is 24.4 Å². The Labute approximate surface area is 126 Å². The molecule has 7 heteroatoms. The number of carbonyl (C=O) groups excluding carboxylic acids is 1. The van der Waals surface area contributed by atoms with Crippen LogP contribution >= 0.6 is 0 Å². The molecule has 0 spiro atoms. The van der Waals surface area contributed by atoms with Gasteiger partial charge in [0.1, 0.15) is 11.6 Å². The van der Waals surface area contributed by atoms with Crippen molar-refractivity contribution in [2.24, 2.45) is 0 Å². The van der Waals surface area contributed by atoms with Gasteiger partial charge < -0.3 is 9.84 Å². The maximum Gasteiger partial charge on any atom is 0.303 e. The normalized spacial score (nSPS) is 10.7. The lowest BCUT2D eigenvalue weighted by Gasteiger charge is -2.10. The fourth-order valence-corrected chi connectivity index (χ4v) is 2.13. The fourth-order valence-electron chi connectivity index (χ4n) is 2.13. The summed E-state index contributed by atoms with van der Waals surface area (Å²) in [5, 5.41) is 8.79. The van der Waals surface area contributed by atoms with Crippen molar-refractivity contribution in [2.75, 3.05) is 7.11 Å². The van der Waals surface area contributed by atoms with Crippen molar-refractivity contribution in [3.05, 3.63) is 29.5 Å². The van der Waals surface area contributed by atoms with E-state index in [1.54, 1.807) is 13.0 Å². The van der Waals surface area contributed by atoms with Crippen LogP contribution in [0.15, 0.2) is 12.3 Å². The SMILES string of the molecule is CCc1c(OC)cc2nc(C(=O)CCC(=O)O)ncc2c1F. The Hall–Kier alpha value is -2.57. The van der Waals surface area contributed by atoms with Gasteiger partial charge in [0.15, 0.2) is 5.82 Å². The van der Waals surface area contributed by atoms with Gasteiger partial charge in [-0.25, -0.2) is 14.4 Å². The third kappa shape index (κ3) is 3.03. The number of ether oxygens (including phenoxy) is 1. The second-order valence-corrected chi connectivity index (χ2v) is 4.67. The Morgan fingerprint density at radius 1 is 1.36 bits per heavy atom. The van der Waals surface area contributed by atoms with Gasteiger partial charge in [0, 0.05) is 24.2 Å². The number of rotatable bonds is 6. The number of hydrogen-bond acceptors (Lipinski definition) is 5. The van der Waals surface area contributed by atoms with Crippen LogP contribution in [-0.4, -0.2) is 33.9 Å². The molecule has 0 unspecified atom stereocenters. The molecule has 1 N–H and O–H groups in total. The Kier molecular flexibility index (Phi) is 4.65. The van der Waals surface area contributed by atoms with Crippen molar-refractivity contribution in [1.82, 2.24) is 9.97 Å². The molecule has 0 aliphatic heterocycles. The highest BCUT2D eigenvalue weighted by Gasteiger charge is 2.17. The van der Waals surface area contributed by atoms with Crippen LogP contribution in [0, 0.1) is 5.82 Å². The zero-order valence-corrected chi connectivity index (χ0v) is 12.2. The Morgan fingerprint density at radius 3 is 2.68 bits per heavy atom. The largest absolute Gasteiger partial charge is 0.496 e. The number of fused-ring (bicyclic) bond motifs is 1. The predicted molar refractivity (Wildman–Crippen MR) is 76.6 cm³/mol. The van der Waals surface area contributed by atoms with E-state index in [0.29, 0.717) is 17.7 Å². The van der Waals surface area contributed by atoms with Crippen LogP contribution in [0.3, 0.4) is 0 Å². The van der Waals surface area contributed by atoms with E-state index in [4.69, 9.17) is 9.84 Å². The highest BCUT2D eigenvalue weighted by molar-refractivity contribution is 5.96. The number of carbonyl (C=O) groups is 2. The number of benzene rings is 1. The first-order valence-corrected chi connectivity index (χ1v) is 6.75. The first-order valence-electron chi connectivity index (χ1n) is 6.75. The molecule has 0 radical (unpaired) electrons. The van der Waals surface area contributed by atoms with Crippen molar-refractivity contribution in [3.63, 3.8) is 0 Å². The monoisotopic (exact) mass is 306 g/mol. The van der Waals surface area contributed by atoms with E-state index in [1.165, 1.54) is 13.3 Å². The van der Waals surface area contributed by atoms with E-state index in [0.717, 1.165) is 0 Å². The minimum absolute atomic E-state index is 0.126. The summed E-state index contributed by atoms with van der Waals surface area (Å²) in [7, 11) is 1.43. The fraction of sp³-hybridized carbons (Fsp3) is 0.333. The smallest absolute Gasteiger partial charge is 0.303 e. The lowest BCUT2D eigenvalue weighted by Crippen LogP contribution is -2.09. The molecule has 0 saturated heterocycles. The molecule has 0 aliphatic rings. The molecule has 0 saturated carbocycles. The molecule has 0 aliphatic carbocycles. The molecule has 0 amide bonds. The molecule has 1 aromatic carbocycles. The van der Waals surface area contributed by atoms with Crippen LogP contribution in [0.5, 0.6) is 5.75 Å². The minimum Gasteiger partial charge on any atom is -0.496 e. The van der Waals surface area contributed by atoms with Gasteiger partial charge in [-0.1, -0.05) is 6.92 Å². The number of ketones is 1. The average molecular weight is 306 g/mol. The van der Waals surface area contributed by atoms with Crippen LogP contribution in [0.4, 0.5) is 4.39 Å². The van der Waals surface area contributed by atoms with Crippen LogP contribution < -0.4 is 4.74 Å². The highest BCUT2D eigenvalue weighted by atomic mass is 19.1. The summed E-state index contributed by atoms with van der Waals surface area (Å²) in [6.45, 7) is 1.80. The first kappa shape index (κ1) is 15.8. The van der Waals surface area contributed by atoms with Crippen molar-refractivity contribution < 1.29 is 23.8 Å². The maximum absolute atomic E-state index is 14.4. The van der Waals surface area contributed by atoms with Gasteiger partial charge in [-0.3, -0.25) is 9.59 Å². The second-order valence-electron chi connectivity index (χ2n) is 4.67. The third-order valence-electron chi connectivity index (χ3n) is 3.27. The summed E-state index contributed by atoms with van der Waals surface area (Å²) in [4.78, 5) is 30.2. The summed E-state index contributed by atoms with van der Waals surface area (Å²) < 4.78 is 19.5. The van der Waals surface area contributed by atoms with E-state index in [9.17, 15) is 14.0 Å². The number of aliphatic carboxylic acids is 1. The lowest BCUT2D eigenvalue weighted by atomic mass is 10.1. The van der Waals surface area contributed by atoms with Gasteiger partial charge in [0.2, 0.25) is 5.78 Å². The minimum atomic E-state index is -1.07. The number of hydrogen-bond donors (Lipinski definition) is 1. The van der Waals surface area contributed by atoms with E-state index < -0.39 is 17.6 Å². The number of carboxylic acids is 1. The number of nitrogens with zero attached hydrogens (tertiary/aromatic N) is 2. The van der Waals surface area contributed by atoms with Crippen LogP contribution in [0.25, 0.3) is 10.9 Å². The summed E-state index contributed by atoms with van der Waals surface area (Å²) in [6.07, 6.45) is 1.19. The van der Waals surface area contributed by atoms with Crippen molar-refractivity contribution >= 4 is 22.7 Å². The van der Waals surface area contributed by atoms with Gasteiger partial charge >= 0.3 is 5.97 Å². The molecule has 1 heterocycles. The summed E-state index contributed by atoms with van der Waals surface area (Å²) in [6, 6.07) is 1.55. The second kappa shape index (κ2) is 6.46. The van der Waals surface area contributed by atoms with Crippen molar-refractivity contribution in [2.45, 2.75) is 26.2 Å². The van der Waals surface area contributed by atoms with Gasteiger partial charge in [-0.05, 0) is 6.42 Å². The molecule has 22 heavy (non-hydrogen) atoms. The summed E-state index contributed by atoms with van der Waals surface area (Å²) >= 11 is 0. The quantitative estimate of drug-likeness (QED) is 0.824. The molecular formula is C15H15FN2O4. The van der Waals surface area contributed by atoms with Crippen LogP contribution in [-0.2, 0) is 11.2 Å². The van der Waals surface area contributed by atoms with Gasteiger partial charge in [-0.15, -0.1) is 0 Å². The Morgan fingerprint density at radius 2 is 2.09 bits per heavy atom. The van der Waals surface area contributed by atoms with Crippen molar-refractivity contribution in [1.29, 1.82) is 0 Å². The molecule has 116 valence electrons. The van der Waals surface area contributed by atoms with E-state index in [2.05, 4.69) is 9.97 Å². The topological polar surface area (TPSA) is 89.4 Å². The number of halogens is 1. The van der Waals surface area contributed by atoms with Gasteiger partial charge in [-0.2, -0.15) is 0 Å². The predicted octanol–water partition coefficient (Wildman–Crippen LogP) is 2.39. The van der Waals surface area contributed by atoms with E-state index in [1.807, 2.05) is 0 Å². The zero-order valence-electron chi connectivity index (χ0n) is 12.2. The Bertz CT molecular complexity index is 746. The number of aromatic nitrogens is 2. The molecule has 2 rings (SSSR count). The third-order valence-corrected chi connectivity index (χ3v) is 3.27. The molecule has 0 fully saturated rings. The molecule has 1 aromatic heterocycles. The molecule has 2 aromatic rings. The van der Waals surface area contributed by atoms with Crippen molar-refractivity contribution in [3.8, 4) is 5.75 Å². The molecular weight excluding hydrogens is 291 g/mol. The lowest BCUT2D eigenvalue weighted by molar-refractivity contribution is -0.136. The van der Waals surface area contributed by atoms with Crippen LogP contribution in [0.1, 0.15) is 35.9 Å². The molecule has 6 nitrogen and oxygen atoms in total. The van der Waals surface area contributed by atoms with E-state index in [-0.39, 0.29) is 29.6 Å². The summed E-state index contributed by atoms with van der Waals surface area (Å²) in [5.74, 6) is -1.81. The van der Waals surface area contributed by atoms with E-state index >= 15 is 0 Å². The van der Waals surface area contributed by atoms with Gasteiger partial charge in [0.25, 0.3) is 0 Å². The standard InChI is InChI=1S/C15H15FN2O4/c1-3-8-12(22-2)6-10-9(14(8)16)7-17-15(18-10)11(19)4-5-13(20)21/h6-7H,3-5H2,1-2H3,(H,20,21). The number of Topliss-reactive ketones (excluding diaryl/α,β-unsaturated/α-hetero) is 1. The number of carboxylic acid groups (broad SMARTS) is 1. The maximum atomic E-state index is 14.4. The zero-order chi connectivity index (χ0) is 16.3. The average Bonchev–Trinajstić information content (AvgIpc) is 2.51. The number of methoxy groups -OCH3 is 1. The molecule has 0 atom stereocenters. The summed E-state index contributed by atoms with van der Waals surface area (Å²) in [5.41, 5.74) is 0.670. The first-order chi connectivity index (χ1) is 10.5. The van der Waals surface area contributed by atoms with Crippen LogP contribution in [0.2, 0.25) is 0 Å². The Balaban J connectivity index is 2.46. The highest BCUT2D eigenvalue weighted by Crippen LogP contribution is 2.29.